The Morgan fingerprint density at radius 3 is 1.56 bits per heavy atom. The van der Waals surface area contributed by atoms with Crippen molar-refractivity contribution < 1.29 is 14.2 Å². The van der Waals surface area contributed by atoms with Crippen molar-refractivity contribution in [2.24, 2.45) is 0 Å². The Morgan fingerprint density at radius 1 is 0.800 bits per heavy atom. The number of hydrogen-bond donors (Lipinski definition) is 0. The Hall–Kier alpha value is -1.30. The van der Waals surface area contributed by atoms with Gasteiger partial charge in [0.1, 0.15) is 11.5 Å². The van der Waals surface area contributed by atoms with Crippen LogP contribution in [-0.2, 0) is 4.74 Å². The van der Waals surface area contributed by atoms with Gasteiger partial charge in [-0.1, -0.05) is 13.8 Å². The molecule has 0 saturated heterocycles. The minimum atomic E-state index is 0.0736. The molecule has 25 heavy (non-hydrogen) atoms. The van der Waals surface area contributed by atoms with Gasteiger partial charge in [-0.25, -0.2) is 0 Å². The molecule has 0 aliphatic carbocycles. The molecule has 2 atom stereocenters. The molecule has 1 aromatic carbocycles. The van der Waals surface area contributed by atoms with Crippen molar-refractivity contribution in [1.82, 2.24) is 9.80 Å². The van der Waals surface area contributed by atoms with E-state index in [0.29, 0.717) is 0 Å². The highest BCUT2D eigenvalue weighted by molar-refractivity contribution is 5.31. The Labute approximate surface area is 152 Å². The van der Waals surface area contributed by atoms with E-state index >= 15 is 0 Å². The highest BCUT2D eigenvalue weighted by Gasteiger charge is 2.18. The van der Waals surface area contributed by atoms with Crippen LogP contribution >= 0.6 is 0 Å². The van der Waals surface area contributed by atoms with Crippen molar-refractivity contribution in [2.75, 3.05) is 40.4 Å². The van der Waals surface area contributed by atoms with E-state index in [-0.39, 0.29) is 12.5 Å². The second-order valence-electron chi connectivity index (χ2n) is 6.66. The van der Waals surface area contributed by atoms with Crippen molar-refractivity contribution in [1.29, 1.82) is 0 Å². The normalized spacial score (nSPS) is 23.0. The van der Waals surface area contributed by atoms with Crippen LogP contribution in [0.4, 0.5) is 0 Å². The Balaban J connectivity index is 2.11. The van der Waals surface area contributed by atoms with Crippen molar-refractivity contribution in [3.05, 3.63) is 24.3 Å². The SMILES string of the molecule is CCN(C)C1CCCOCCCC(N(C)CC)Oc2ccc(cc2)O1. The summed E-state index contributed by atoms with van der Waals surface area (Å²) in [5, 5.41) is 0. The minimum Gasteiger partial charge on any atom is -0.475 e. The molecule has 0 radical (unpaired) electrons. The zero-order valence-electron chi connectivity index (χ0n) is 16.2. The van der Waals surface area contributed by atoms with Crippen LogP contribution in [0.2, 0.25) is 0 Å². The van der Waals surface area contributed by atoms with Crippen molar-refractivity contribution in [3.63, 3.8) is 0 Å². The van der Waals surface area contributed by atoms with Crippen LogP contribution in [0, 0.1) is 0 Å². The quantitative estimate of drug-likeness (QED) is 0.829. The summed E-state index contributed by atoms with van der Waals surface area (Å²) in [6.07, 6.45) is 4.08. The van der Waals surface area contributed by atoms with Gasteiger partial charge in [-0.3, -0.25) is 9.80 Å². The number of ether oxygens (including phenoxy) is 3. The van der Waals surface area contributed by atoms with Crippen LogP contribution in [0.25, 0.3) is 0 Å². The molecule has 5 nitrogen and oxygen atoms in total. The van der Waals surface area contributed by atoms with Crippen molar-refractivity contribution in [3.8, 4) is 11.5 Å². The molecule has 0 fully saturated rings. The Kier molecular flexibility index (Phi) is 8.52. The van der Waals surface area contributed by atoms with Gasteiger partial charge < -0.3 is 14.2 Å². The molecule has 0 amide bonds. The third-order valence-electron chi connectivity index (χ3n) is 4.83. The minimum absolute atomic E-state index is 0.0736. The third kappa shape index (κ3) is 6.49. The third-order valence-corrected chi connectivity index (χ3v) is 4.83. The number of rotatable bonds is 4. The zero-order chi connectivity index (χ0) is 18.1. The highest BCUT2D eigenvalue weighted by atomic mass is 16.5. The first-order valence-electron chi connectivity index (χ1n) is 9.55. The maximum Gasteiger partial charge on any atom is 0.152 e. The summed E-state index contributed by atoms with van der Waals surface area (Å²) in [5.41, 5.74) is 0. The number of benzene rings is 1. The smallest absolute Gasteiger partial charge is 0.152 e. The maximum absolute atomic E-state index is 6.20. The van der Waals surface area contributed by atoms with Crippen LogP contribution in [0.5, 0.6) is 11.5 Å². The lowest BCUT2D eigenvalue weighted by Crippen LogP contribution is -2.36. The highest BCUT2D eigenvalue weighted by Crippen LogP contribution is 2.23. The van der Waals surface area contributed by atoms with Gasteiger partial charge in [0, 0.05) is 26.1 Å². The summed E-state index contributed by atoms with van der Waals surface area (Å²) in [6.45, 7) is 7.78. The summed E-state index contributed by atoms with van der Waals surface area (Å²) in [4.78, 5) is 4.46. The second-order valence-corrected chi connectivity index (χ2v) is 6.66. The van der Waals surface area contributed by atoms with Crippen molar-refractivity contribution >= 4 is 0 Å². The average molecular weight is 351 g/mol. The van der Waals surface area contributed by atoms with Gasteiger partial charge in [0.15, 0.2) is 12.5 Å². The van der Waals surface area contributed by atoms with Crippen LogP contribution in [0.3, 0.4) is 0 Å². The molecule has 0 N–H and O–H groups in total. The van der Waals surface area contributed by atoms with Crippen LogP contribution in [-0.4, -0.2) is 62.7 Å². The number of hydrogen-bond acceptors (Lipinski definition) is 5. The van der Waals surface area contributed by atoms with Gasteiger partial charge in [-0.2, -0.15) is 0 Å². The molecule has 5 heteroatoms. The lowest BCUT2D eigenvalue weighted by Gasteiger charge is -2.28. The molecule has 1 aromatic rings. The predicted octanol–water partition coefficient (Wildman–Crippen LogP) is 3.59. The molecule has 2 heterocycles. The summed E-state index contributed by atoms with van der Waals surface area (Å²) in [6, 6.07) is 8.02. The molecule has 0 saturated carbocycles. The van der Waals surface area contributed by atoms with E-state index in [2.05, 4.69) is 37.7 Å². The zero-order valence-corrected chi connectivity index (χ0v) is 16.2. The van der Waals surface area contributed by atoms with Gasteiger partial charge in [-0.05, 0) is 64.3 Å². The van der Waals surface area contributed by atoms with E-state index in [1.807, 2.05) is 24.3 Å². The van der Waals surface area contributed by atoms with E-state index < -0.39 is 0 Å². The fraction of sp³-hybridized carbons (Fsp3) is 0.700. The van der Waals surface area contributed by atoms with Crippen LogP contribution in [0.1, 0.15) is 39.5 Å². The van der Waals surface area contributed by atoms with Gasteiger partial charge in [0.25, 0.3) is 0 Å². The largest absolute Gasteiger partial charge is 0.475 e. The van der Waals surface area contributed by atoms with Gasteiger partial charge >= 0.3 is 0 Å². The fourth-order valence-electron chi connectivity index (χ4n) is 2.88. The second kappa shape index (κ2) is 10.6. The van der Waals surface area contributed by atoms with E-state index in [0.717, 1.165) is 63.5 Å². The molecule has 0 aromatic heterocycles. The summed E-state index contributed by atoms with van der Waals surface area (Å²) < 4.78 is 18.2. The fourth-order valence-corrected chi connectivity index (χ4v) is 2.88. The molecular formula is C20H34N2O3. The number of nitrogens with zero attached hydrogens (tertiary/aromatic N) is 2. The molecular weight excluding hydrogens is 316 g/mol. The maximum atomic E-state index is 6.20. The van der Waals surface area contributed by atoms with Crippen LogP contribution < -0.4 is 9.47 Å². The Morgan fingerprint density at radius 2 is 1.20 bits per heavy atom. The van der Waals surface area contributed by atoms with E-state index in [4.69, 9.17) is 14.2 Å². The van der Waals surface area contributed by atoms with Crippen LogP contribution in [0.15, 0.2) is 24.3 Å². The van der Waals surface area contributed by atoms with E-state index in [1.165, 1.54) is 0 Å². The first-order chi connectivity index (χ1) is 12.1. The molecule has 2 aliphatic rings. The molecule has 2 aliphatic heterocycles. The molecule has 2 bridgehead atoms. The standard InChI is InChI=1S/C20H34N2O3/c1-5-21(3)19-9-7-15-23-16-8-10-20(22(4)6-2)25-18-13-11-17(24-19)12-14-18/h11-14,19-20H,5-10,15-16H2,1-4H3. The molecule has 3 rings (SSSR count). The first-order valence-corrected chi connectivity index (χ1v) is 9.55. The summed E-state index contributed by atoms with van der Waals surface area (Å²) in [7, 11) is 4.20. The summed E-state index contributed by atoms with van der Waals surface area (Å²) in [5.74, 6) is 1.77. The number of fused-ring (bicyclic) bond motifs is 12. The van der Waals surface area contributed by atoms with Gasteiger partial charge in [0.05, 0.1) is 0 Å². The molecule has 2 unspecified atom stereocenters. The van der Waals surface area contributed by atoms with Gasteiger partial charge in [0.2, 0.25) is 0 Å². The molecule has 0 spiro atoms. The summed E-state index contributed by atoms with van der Waals surface area (Å²) >= 11 is 0. The van der Waals surface area contributed by atoms with E-state index in [9.17, 15) is 0 Å². The molecule has 142 valence electrons. The van der Waals surface area contributed by atoms with Gasteiger partial charge in [-0.15, -0.1) is 0 Å². The average Bonchev–Trinajstić information content (AvgIpc) is 2.65. The monoisotopic (exact) mass is 350 g/mol. The lowest BCUT2D eigenvalue weighted by molar-refractivity contribution is 0.0238. The predicted molar refractivity (Wildman–Crippen MR) is 101 cm³/mol. The Bertz CT molecular complexity index is 437. The van der Waals surface area contributed by atoms with Crippen molar-refractivity contribution in [2.45, 2.75) is 52.0 Å². The van der Waals surface area contributed by atoms with E-state index in [1.54, 1.807) is 0 Å². The first kappa shape index (κ1) is 20.0. The topological polar surface area (TPSA) is 34.2 Å². The lowest BCUT2D eigenvalue weighted by atomic mass is 10.2.